The molecule has 1 aromatic carbocycles. The second-order valence-electron chi connectivity index (χ2n) is 3.32. The van der Waals surface area contributed by atoms with E-state index in [2.05, 4.69) is 33.1 Å². The van der Waals surface area contributed by atoms with Crippen LogP contribution in [0.1, 0.15) is 12.7 Å². The van der Waals surface area contributed by atoms with E-state index in [0.717, 1.165) is 28.2 Å². The van der Waals surface area contributed by atoms with Gasteiger partial charge >= 0.3 is 0 Å². The third-order valence-electron chi connectivity index (χ3n) is 2.37. The molecule has 0 unspecified atom stereocenters. The minimum absolute atomic E-state index is 0.386. The highest BCUT2D eigenvalue weighted by Crippen LogP contribution is 2.21. The lowest BCUT2D eigenvalue weighted by Crippen LogP contribution is -2.01. The largest absolute Gasteiger partial charge is 0.310 e. The van der Waals surface area contributed by atoms with Crippen LogP contribution in [-0.2, 0) is 12.4 Å². The van der Waals surface area contributed by atoms with Gasteiger partial charge in [-0.25, -0.2) is 0 Å². The fourth-order valence-electron chi connectivity index (χ4n) is 1.58. The predicted octanol–water partition coefficient (Wildman–Crippen LogP) is 3.47. The predicted molar refractivity (Wildman–Crippen MR) is 68.4 cm³/mol. The molecule has 0 aliphatic rings. The lowest BCUT2D eigenvalue weighted by Gasteiger charge is -2.05. The fraction of sp³-hybridized carbons (Fsp3) is 0.273. The molecular weight excluding hydrogens is 289 g/mol. The summed E-state index contributed by atoms with van der Waals surface area (Å²) in [4.78, 5) is 0. The molecule has 0 aliphatic carbocycles. The van der Waals surface area contributed by atoms with Crippen molar-refractivity contribution in [2.24, 2.45) is 0 Å². The van der Waals surface area contributed by atoms with Crippen molar-refractivity contribution in [2.75, 3.05) is 0 Å². The number of hydrogen-bond donors (Lipinski definition) is 0. The van der Waals surface area contributed by atoms with E-state index in [0.29, 0.717) is 5.88 Å². The van der Waals surface area contributed by atoms with Gasteiger partial charge in [0.2, 0.25) is 0 Å². The van der Waals surface area contributed by atoms with E-state index in [1.54, 1.807) is 0 Å². The molecule has 0 saturated heterocycles. The molecule has 2 aromatic rings. The first-order chi connectivity index (χ1) is 7.76. The highest BCUT2D eigenvalue weighted by molar-refractivity contribution is 9.10. The zero-order valence-electron chi connectivity index (χ0n) is 8.82. The molecule has 0 saturated carbocycles. The summed E-state index contributed by atoms with van der Waals surface area (Å²) >= 11 is 9.21. The first-order valence-electron chi connectivity index (χ1n) is 5.00. The molecule has 0 fully saturated rings. The van der Waals surface area contributed by atoms with E-state index in [1.807, 2.05) is 28.8 Å². The number of hydrogen-bond acceptors (Lipinski definition) is 2. The first kappa shape index (κ1) is 11.6. The van der Waals surface area contributed by atoms with Crippen molar-refractivity contribution in [2.45, 2.75) is 19.3 Å². The van der Waals surface area contributed by atoms with Gasteiger partial charge in [-0.2, -0.15) is 0 Å². The Balaban J connectivity index is 2.47. The van der Waals surface area contributed by atoms with E-state index >= 15 is 0 Å². The molecule has 3 nitrogen and oxygen atoms in total. The topological polar surface area (TPSA) is 30.7 Å². The Morgan fingerprint density at radius 3 is 2.50 bits per heavy atom. The van der Waals surface area contributed by atoms with Gasteiger partial charge in [0.15, 0.2) is 5.82 Å². The maximum absolute atomic E-state index is 5.81. The van der Waals surface area contributed by atoms with Crippen molar-refractivity contribution in [1.29, 1.82) is 0 Å². The monoisotopic (exact) mass is 299 g/mol. The van der Waals surface area contributed by atoms with Gasteiger partial charge in [0, 0.05) is 16.6 Å². The SMILES string of the molecule is CCn1c(CCl)nnc1-c1ccc(Br)cc1. The van der Waals surface area contributed by atoms with Gasteiger partial charge in [0.1, 0.15) is 5.82 Å². The van der Waals surface area contributed by atoms with Crippen LogP contribution in [0.5, 0.6) is 0 Å². The molecule has 0 atom stereocenters. The standard InChI is InChI=1S/C11H11BrClN3/c1-2-16-10(7-13)14-15-11(16)8-3-5-9(12)6-4-8/h3-6H,2,7H2,1H3. The van der Waals surface area contributed by atoms with E-state index in [9.17, 15) is 0 Å². The summed E-state index contributed by atoms with van der Waals surface area (Å²) in [7, 11) is 0. The molecule has 0 N–H and O–H groups in total. The highest BCUT2D eigenvalue weighted by Gasteiger charge is 2.11. The maximum Gasteiger partial charge on any atom is 0.163 e. The van der Waals surface area contributed by atoms with E-state index in [4.69, 9.17) is 11.6 Å². The van der Waals surface area contributed by atoms with Crippen LogP contribution in [0.15, 0.2) is 28.7 Å². The Bertz CT molecular complexity index is 478. The Morgan fingerprint density at radius 1 is 1.25 bits per heavy atom. The van der Waals surface area contributed by atoms with Crippen LogP contribution >= 0.6 is 27.5 Å². The average molecular weight is 301 g/mol. The van der Waals surface area contributed by atoms with Gasteiger partial charge in [-0.15, -0.1) is 21.8 Å². The van der Waals surface area contributed by atoms with Crippen LogP contribution < -0.4 is 0 Å². The van der Waals surface area contributed by atoms with Gasteiger partial charge in [-0.05, 0) is 19.1 Å². The summed E-state index contributed by atoms with van der Waals surface area (Å²) < 4.78 is 3.08. The van der Waals surface area contributed by atoms with Gasteiger partial charge in [0.25, 0.3) is 0 Å². The Labute approximate surface area is 108 Å². The second-order valence-corrected chi connectivity index (χ2v) is 4.51. The quantitative estimate of drug-likeness (QED) is 0.813. The number of rotatable bonds is 3. The molecule has 1 aromatic heterocycles. The number of aromatic nitrogens is 3. The molecular formula is C11H11BrClN3. The number of nitrogens with zero attached hydrogens (tertiary/aromatic N) is 3. The molecule has 0 radical (unpaired) electrons. The Morgan fingerprint density at radius 2 is 1.94 bits per heavy atom. The van der Waals surface area contributed by atoms with Gasteiger partial charge in [0.05, 0.1) is 5.88 Å². The highest BCUT2D eigenvalue weighted by atomic mass is 79.9. The van der Waals surface area contributed by atoms with Crippen LogP contribution in [0.4, 0.5) is 0 Å². The lowest BCUT2D eigenvalue weighted by atomic mass is 10.2. The first-order valence-corrected chi connectivity index (χ1v) is 6.33. The molecule has 5 heteroatoms. The van der Waals surface area contributed by atoms with Crippen LogP contribution in [0.3, 0.4) is 0 Å². The lowest BCUT2D eigenvalue weighted by molar-refractivity contribution is 0.731. The van der Waals surface area contributed by atoms with Gasteiger partial charge in [-0.3, -0.25) is 0 Å². The molecule has 2 rings (SSSR count). The van der Waals surface area contributed by atoms with Crippen molar-refractivity contribution in [3.05, 3.63) is 34.6 Å². The third kappa shape index (κ3) is 2.13. The summed E-state index contributed by atoms with van der Waals surface area (Å²) in [5.41, 5.74) is 1.05. The average Bonchev–Trinajstić information content (AvgIpc) is 2.72. The van der Waals surface area contributed by atoms with E-state index < -0.39 is 0 Å². The molecule has 0 amide bonds. The van der Waals surface area contributed by atoms with Crippen LogP contribution in [-0.4, -0.2) is 14.8 Å². The zero-order valence-corrected chi connectivity index (χ0v) is 11.2. The minimum Gasteiger partial charge on any atom is -0.310 e. The van der Waals surface area contributed by atoms with Crippen molar-refractivity contribution in [1.82, 2.24) is 14.8 Å². The summed E-state index contributed by atoms with van der Waals surface area (Å²) in [6.45, 7) is 2.88. The summed E-state index contributed by atoms with van der Waals surface area (Å²) in [5, 5.41) is 8.24. The van der Waals surface area contributed by atoms with Gasteiger partial charge in [-0.1, -0.05) is 28.1 Å². The van der Waals surface area contributed by atoms with E-state index in [-0.39, 0.29) is 0 Å². The molecule has 0 spiro atoms. The smallest absolute Gasteiger partial charge is 0.163 e. The normalized spacial score (nSPS) is 10.7. The van der Waals surface area contributed by atoms with E-state index in [1.165, 1.54) is 0 Å². The van der Waals surface area contributed by atoms with Crippen LogP contribution in [0.25, 0.3) is 11.4 Å². The van der Waals surface area contributed by atoms with Crippen molar-refractivity contribution < 1.29 is 0 Å². The van der Waals surface area contributed by atoms with Gasteiger partial charge < -0.3 is 4.57 Å². The molecule has 0 bridgehead atoms. The number of halogens is 2. The van der Waals surface area contributed by atoms with Crippen LogP contribution in [0.2, 0.25) is 0 Å². The third-order valence-corrected chi connectivity index (χ3v) is 3.13. The van der Waals surface area contributed by atoms with Crippen molar-refractivity contribution >= 4 is 27.5 Å². The van der Waals surface area contributed by atoms with Crippen molar-refractivity contribution in [3.8, 4) is 11.4 Å². The molecule has 16 heavy (non-hydrogen) atoms. The van der Waals surface area contributed by atoms with Crippen LogP contribution in [0, 0.1) is 0 Å². The second kappa shape index (κ2) is 4.97. The molecule has 0 aliphatic heterocycles. The Hall–Kier alpha value is -0.870. The zero-order chi connectivity index (χ0) is 11.5. The minimum atomic E-state index is 0.386. The summed E-state index contributed by atoms with van der Waals surface area (Å²) in [5.74, 6) is 2.06. The summed E-state index contributed by atoms with van der Waals surface area (Å²) in [6, 6.07) is 8.01. The maximum atomic E-state index is 5.81. The molecule has 84 valence electrons. The Kier molecular flexibility index (Phi) is 3.61. The fourth-order valence-corrected chi connectivity index (χ4v) is 2.04. The number of benzene rings is 1. The number of alkyl halides is 1. The molecule has 1 heterocycles. The van der Waals surface area contributed by atoms with Crippen molar-refractivity contribution in [3.63, 3.8) is 0 Å². The summed E-state index contributed by atoms with van der Waals surface area (Å²) in [6.07, 6.45) is 0.